The number of rotatable bonds is 0. The number of halogens is 4. The molecule has 1 aromatic carbocycles. The van der Waals surface area contributed by atoms with Crippen molar-refractivity contribution in [1.82, 2.24) is 10.2 Å². The third-order valence-corrected chi connectivity index (χ3v) is 2.25. The molecule has 14 heavy (non-hydrogen) atoms. The van der Waals surface area contributed by atoms with Gasteiger partial charge in [0.15, 0.2) is 0 Å². The van der Waals surface area contributed by atoms with Crippen LogP contribution in [0.4, 0.5) is 13.2 Å². The second-order valence-electron chi connectivity index (χ2n) is 2.76. The molecule has 0 bridgehead atoms. The van der Waals surface area contributed by atoms with Crippen LogP contribution in [0, 0.1) is 0 Å². The minimum Gasteiger partial charge on any atom is -0.276 e. The Hall–Kier alpha value is -1.23. The van der Waals surface area contributed by atoms with Gasteiger partial charge in [0, 0.05) is 5.39 Å². The largest absolute Gasteiger partial charge is 0.417 e. The van der Waals surface area contributed by atoms with Gasteiger partial charge in [0.1, 0.15) is 0 Å². The summed E-state index contributed by atoms with van der Waals surface area (Å²) >= 11 is 5.58. The van der Waals surface area contributed by atoms with Crippen LogP contribution in [0.15, 0.2) is 18.3 Å². The maximum atomic E-state index is 12.4. The number of hydrogen-bond acceptors (Lipinski definition) is 1. The Morgan fingerprint density at radius 1 is 1.29 bits per heavy atom. The first kappa shape index (κ1) is 9.33. The first-order valence-corrected chi connectivity index (χ1v) is 4.07. The summed E-state index contributed by atoms with van der Waals surface area (Å²) in [5.41, 5.74) is -0.641. The number of benzene rings is 1. The van der Waals surface area contributed by atoms with Crippen molar-refractivity contribution in [3.63, 3.8) is 0 Å². The van der Waals surface area contributed by atoms with Crippen molar-refractivity contribution in [2.75, 3.05) is 0 Å². The molecule has 0 spiro atoms. The van der Waals surface area contributed by atoms with Gasteiger partial charge in [-0.1, -0.05) is 17.7 Å². The second kappa shape index (κ2) is 2.88. The minimum atomic E-state index is -4.43. The molecule has 0 unspecified atom stereocenters. The summed E-state index contributed by atoms with van der Waals surface area (Å²) in [5.74, 6) is 0. The number of alkyl halides is 3. The Kier molecular flexibility index (Phi) is 1.92. The zero-order valence-corrected chi connectivity index (χ0v) is 7.45. The SMILES string of the molecule is FC(F)(F)c1ccc2cn[nH]c2c1Cl. The molecule has 2 rings (SSSR count). The Morgan fingerprint density at radius 2 is 2.00 bits per heavy atom. The van der Waals surface area contributed by atoms with E-state index in [0.717, 1.165) is 6.07 Å². The molecule has 0 aliphatic heterocycles. The summed E-state index contributed by atoms with van der Waals surface area (Å²) in [5, 5.41) is 6.24. The van der Waals surface area contributed by atoms with Gasteiger partial charge >= 0.3 is 6.18 Å². The van der Waals surface area contributed by atoms with Crippen LogP contribution in [-0.4, -0.2) is 10.2 Å². The lowest BCUT2D eigenvalue weighted by molar-refractivity contribution is -0.137. The molecule has 1 aromatic heterocycles. The van der Waals surface area contributed by atoms with E-state index in [4.69, 9.17) is 11.6 Å². The molecule has 0 saturated carbocycles. The van der Waals surface area contributed by atoms with Crippen molar-refractivity contribution in [1.29, 1.82) is 0 Å². The number of nitrogens with zero attached hydrogens (tertiary/aromatic N) is 1. The van der Waals surface area contributed by atoms with Crippen molar-refractivity contribution in [2.24, 2.45) is 0 Å². The summed E-state index contributed by atoms with van der Waals surface area (Å²) in [6.45, 7) is 0. The third-order valence-electron chi connectivity index (χ3n) is 1.86. The van der Waals surface area contributed by atoms with Crippen LogP contribution in [0.3, 0.4) is 0 Å². The molecule has 0 saturated heterocycles. The van der Waals surface area contributed by atoms with E-state index in [1.807, 2.05) is 0 Å². The van der Waals surface area contributed by atoms with Gasteiger partial charge in [-0.15, -0.1) is 0 Å². The quantitative estimate of drug-likeness (QED) is 0.726. The van der Waals surface area contributed by atoms with Crippen molar-refractivity contribution in [2.45, 2.75) is 6.18 Å². The average Bonchev–Trinajstić information content (AvgIpc) is 2.50. The van der Waals surface area contributed by atoms with E-state index >= 15 is 0 Å². The molecule has 0 amide bonds. The Bertz CT molecular complexity index is 475. The first-order valence-electron chi connectivity index (χ1n) is 3.69. The zero-order valence-electron chi connectivity index (χ0n) is 6.69. The van der Waals surface area contributed by atoms with Crippen molar-refractivity contribution >= 4 is 22.5 Å². The fourth-order valence-electron chi connectivity index (χ4n) is 1.20. The molecule has 6 heteroatoms. The predicted octanol–water partition coefficient (Wildman–Crippen LogP) is 3.24. The molecule has 0 aliphatic rings. The lowest BCUT2D eigenvalue weighted by Gasteiger charge is -2.08. The normalized spacial score (nSPS) is 12.3. The van der Waals surface area contributed by atoms with Crippen LogP contribution in [0.2, 0.25) is 5.02 Å². The Balaban J connectivity index is 2.74. The van der Waals surface area contributed by atoms with E-state index in [2.05, 4.69) is 10.2 Å². The Morgan fingerprint density at radius 3 is 2.64 bits per heavy atom. The number of aromatic amines is 1. The summed E-state index contributed by atoms with van der Waals surface area (Å²) < 4.78 is 37.1. The summed E-state index contributed by atoms with van der Waals surface area (Å²) in [6, 6.07) is 2.27. The molecule has 0 atom stereocenters. The maximum absolute atomic E-state index is 12.4. The lowest BCUT2D eigenvalue weighted by Crippen LogP contribution is -2.05. The van der Waals surface area contributed by atoms with Gasteiger partial charge in [-0.05, 0) is 6.07 Å². The monoisotopic (exact) mass is 220 g/mol. The standard InChI is InChI=1S/C8H4ClF3N2/c9-6-5(8(10,11)12)2-1-4-3-13-14-7(4)6/h1-3H,(H,13,14). The van der Waals surface area contributed by atoms with Crippen molar-refractivity contribution < 1.29 is 13.2 Å². The van der Waals surface area contributed by atoms with E-state index in [-0.39, 0.29) is 10.5 Å². The van der Waals surface area contributed by atoms with E-state index in [1.54, 1.807) is 0 Å². The Labute approximate surface area is 81.7 Å². The summed E-state index contributed by atoms with van der Waals surface area (Å²) in [6.07, 6.45) is -3.02. The van der Waals surface area contributed by atoms with Gasteiger partial charge < -0.3 is 0 Å². The van der Waals surface area contributed by atoms with Crippen LogP contribution in [-0.2, 0) is 6.18 Å². The third kappa shape index (κ3) is 1.33. The summed E-state index contributed by atoms with van der Waals surface area (Å²) in [7, 11) is 0. The molecule has 0 radical (unpaired) electrons. The van der Waals surface area contributed by atoms with Gasteiger partial charge in [-0.25, -0.2) is 0 Å². The van der Waals surface area contributed by atoms with Crippen molar-refractivity contribution in [3.05, 3.63) is 28.9 Å². The molecule has 1 heterocycles. The van der Waals surface area contributed by atoms with Gasteiger partial charge in [-0.3, -0.25) is 5.10 Å². The molecule has 0 fully saturated rings. The molecular formula is C8H4ClF3N2. The van der Waals surface area contributed by atoms with Crippen molar-refractivity contribution in [3.8, 4) is 0 Å². The molecule has 74 valence electrons. The molecular weight excluding hydrogens is 217 g/mol. The zero-order chi connectivity index (χ0) is 10.3. The van der Waals surface area contributed by atoms with Crippen LogP contribution in [0.1, 0.15) is 5.56 Å². The average molecular weight is 221 g/mol. The van der Waals surface area contributed by atoms with Gasteiger partial charge in [0.2, 0.25) is 0 Å². The smallest absolute Gasteiger partial charge is 0.276 e. The highest BCUT2D eigenvalue weighted by atomic mass is 35.5. The fourth-order valence-corrected chi connectivity index (χ4v) is 1.52. The fraction of sp³-hybridized carbons (Fsp3) is 0.125. The van der Waals surface area contributed by atoms with E-state index < -0.39 is 11.7 Å². The predicted molar refractivity (Wildman–Crippen MR) is 46.1 cm³/mol. The van der Waals surface area contributed by atoms with Crippen LogP contribution < -0.4 is 0 Å². The lowest BCUT2D eigenvalue weighted by atomic mass is 10.1. The van der Waals surface area contributed by atoms with Gasteiger partial charge in [0.05, 0.1) is 22.3 Å². The number of nitrogens with one attached hydrogen (secondary N) is 1. The topological polar surface area (TPSA) is 28.7 Å². The van der Waals surface area contributed by atoms with Crippen LogP contribution in [0.5, 0.6) is 0 Å². The highest BCUT2D eigenvalue weighted by molar-refractivity contribution is 6.35. The van der Waals surface area contributed by atoms with Gasteiger partial charge in [-0.2, -0.15) is 18.3 Å². The number of fused-ring (bicyclic) bond motifs is 1. The van der Waals surface area contributed by atoms with Crippen LogP contribution >= 0.6 is 11.6 Å². The highest BCUT2D eigenvalue weighted by Crippen LogP contribution is 2.37. The molecule has 2 aromatic rings. The molecule has 0 aliphatic carbocycles. The first-order chi connectivity index (χ1) is 6.50. The van der Waals surface area contributed by atoms with E-state index in [9.17, 15) is 13.2 Å². The number of H-pyrrole nitrogens is 1. The van der Waals surface area contributed by atoms with E-state index in [1.165, 1.54) is 12.3 Å². The summed E-state index contributed by atoms with van der Waals surface area (Å²) in [4.78, 5) is 0. The molecule has 2 nitrogen and oxygen atoms in total. The number of aromatic nitrogens is 2. The molecule has 1 N–H and O–H groups in total. The second-order valence-corrected chi connectivity index (χ2v) is 3.14. The van der Waals surface area contributed by atoms with Crippen LogP contribution in [0.25, 0.3) is 10.9 Å². The van der Waals surface area contributed by atoms with E-state index in [0.29, 0.717) is 5.39 Å². The van der Waals surface area contributed by atoms with Gasteiger partial charge in [0.25, 0.3) is 0 Å². The highest BCUT2D eigenvalue weighted by Gasteiger charge is 2.33. The number of hydrogen-bond donors (Lipinski definition) is 1. The maximum Gasteiger partial charge on any atom is 0.417 e. The minimum absolute atomic E-state index is 0.210.